The molecule has 5 heteroatoms. The lowest BCUT2D eigenvalue weighted by molar-refractivity contribution is 0.0699. The van der Waals surface area contributed by atoms with Gasteiger partial charge in [0.1, 0.15) is 5.75 Å². The predicted molar refractivity (Wildman–Crippen MR) is 80.8 cm³/mol. The first-order chi connectivity index (χ1) is 10.0. The Kier molecular flexibility index (Phi) is 3.23. The summed E-state index contributed by atoms with van der Waals surface area (Å²) in [7, 11) is 0. The van der Waals surface area contributed by atoms with Gasteiger partial charge in [0.05, 0.1) is 16.8 Å². The summed E-state index contributed by atoms with van der Waals surface area (Å²) in [5, 5.41) is 19.7. The van der Waals surface area contributed by atoms with E-state index in [0.717, 1.165) is 5.56 Å². The summed E-state index contributed by atoms with van der Waals surface area (Å²) in [6, 6.07) is 12.9. The highest BCUT2D eigenvalue weighted by atomic mass is 35.5. The third-order valence-electron chi connectivity index (χ3n) is 3.17. The number of aromatic hydroxyl groups is 1. The van der Waals surface area contributed by atoms with Crippen LogP contribution in [0, 0.1) is 0 Å². The summed E-state index contributed by atoms with van der Waals surface area (Å²) in [6.45, 7) is 0. The van der Waals surface area contributed by atoms with Crippen LogP contribution < -0.4 is 0 Å². The average Bonchev–Trinajstić information content (AvgIpc) is 2.46. The summed E-state index contributed by atoms with van der Waals surface area (Å²) in [5.41, 5.74) is 1.92. The molecule has 1 aromatic heterocycles. The molecule has 1 heterocycles. The van der Waals surface area contributed by atoms with Crippen molar-refractivity contribution in [1.29, 1.82) is 0 Å². The third kappa shape index (κ3) is 2.53. The molecule has 2 aromatic carbocycles. The number of nitrogens with zero attached hydrogens (tertiary/aromatic N) is 1. The maximum absolute atomic E-state index is 11.4. The fraction of sp³-hybridized carbons (Fsp3) is 0. The second kappa shape index (κ2) is 5.07. The van der Waals surface area contributed by atoms with Crippen LogP contribution >= 0.6 is 11.6 Å². The van der Waals surface area contributed by atoms with Crippen LogP contribution in [-0.2, 0) is 0 Å². The standard InChI is InChI=1S/C16H10ClNO3/c17-10-3-6-12-13(16(20)21)8-14(18-15(12)7-10)9-1-4-11(19)5-2-9/h1-8,19H,(H,20,21). The molecular weight excluding hydrogens is 290 g/mol. The van der Waals surface area contributed by atoms with Gasteiger partial charge in [-0.25, -0.2) is 9.78 Å². The smallest absolute Gasteiger partial charge is 0.336 e. The lowest BCUT2D eigenvalue weighted by Gasteiger charge is -2.07. The molecule has 3 rings (SSSR count). The molecule has 0 aliphatic rings. The van der Waals surface area contributed by atoms with E-state index >= 15 is 0 Å². The van der Waals surface area contributed by atoms with Gasteiger partial charge in [0.25, 0.3) is 0 Å². The van der Waals surface area contributed by atoms with Crippen molar-refractivity contribution in [1.82, 2.24) is 4.98 Å². The molecule has 2 N–H and O–H groups in total. The number of carboxylic acid groups (broad SMARTS) is 1. The minimum atomic E-state index is -1.02. The highest BCUT2D eigenvalue weighted by Gasteiger charge is 2.13. The molecule has 104 valence electrons. The largest absolute Gasteiger partial charge is 0.508 e. The average molecular weight is 300 g/mol. The van der Waals surface area contributed by atoms with E-state index in [2.05, 4.69) is 4.98 Å². The van der Waals surface area contributed by atoms with E-state index in [1.165, 1.54) is 18.2 Å². The summed E-state index contributed by atoms with van der Waals surface area (Å²) < 4.78 is 0. The van der Waals surface area contributed by atoms with E-state index in [0.29, 0.717) is 21.6 Å². The monoisotopic (exact) mass is 299 g/mol. The number of hydrogen-bond donors (Lipinski definition) is 2. The minimum Gasteiger partial charge on any atom is -0.508 e. The quantitative estimate of drug-likeness (QED) is 0.751. The first-order valence-corrected chi connectivity index (χ1v) is 6.55. The predicted octanol–water partition coefficient (Wildman–Crippen LogP) is 3.96. The van der Waals surface area contributed by atoms with Gasteiger partial charge in [-0.05, 0) is 42.5 Å². The SMILES string of the molecule is O=C(O)c1cc(-c2ccc(O)cc2)nc2cc(Cl)ccc12. The van der Waals surface area contributed by atoms with Crippen LogP contribution in [0.2, 0.25) is 5.02 Å². The zero-order valence-corrected chi connectivity index (χ0v) is 11.5. The third-order valence-corrected chi connectivity index (χ3v) is 3.40. The molecule has 0 radical (unpaired) electrons. The topological polar surface area (TPSA) is 70.4 Å². The van der Waals surface area contributed by atoms with Crippen molar-refractivity contribution in [3.8, 4) is 17.0 Å². The van der Waals surface area contributed by atoms with E-state index < -0.39 is 5.97 Å². The second-order valence-corrected chi connectivity index (χ2v) is 5.00. The Morgan fingerprint density at radius 3 is 2.43 bits per heavy atom. The van der Waals surface area contributed by atoms with Crippen molar-refractivity contribution >= 4 is 28.5 Å². The highest BCUT2D eigenvalue weighted by molar-refractivity contribution is 6.31. The van der Waals surface area contributed by atoms with Crippen molar-refractivity contribution in [2.45, 2.75) is 0 Å². The van der Waals surface area contributed by atoms with E-state index in [4.69, 9.17) is 11.6 Å². The molecule has 0 fully saturated rings. The summed E-state index contributed by atoms with van der Waals surface area (Å²) >= 11 is 5.95. The van der Waals surface area contributed by atoms with Gasteiger partial charge in [0.15, 0.2) is 0 Å². The number of rotatable bonds is 2. The van der Waals surface area contributed by atoms with Gasteiger partial charge in [-0.15, -0.1) is 0 Å². The zero-order valence-electron chi connectivity index (χ0n) is 10.7. The molecule has 0 amide bonds. The number of fused-ring (bicyclic) bond motifs is 1. The van der Waals surface area contributed by atoms with Crippen molar-refractivity contribution < 1.29 is 15.0 Å². The lowest BCUT2D eigenvalue weighted by Crippen LogP contribution is -2.00. The van der Waals surface area contributed by atoms with Crippen LogP contribution in [0.4, 0.5) is 0 Å². The summed E-state index contributed by atoms with van der Waals surface area (Å²) in [6.07, 6.45) is 0. The van der Waals surface area contributed by atoms with Gasteiger partial charge in [-0.3, -0.25) is 0 Å². The Bertz CT molecular complexity index is 844. The van der Waals surface area contributed by atoms with Crippen molar-refractivity contribution in [2.24, 2.45) is 0 Å². The first-order valence-electron chi connectivity index (χ1n) is 6.17. The Morgan fingerprint density at radius 2 is 1.76 bits per heavy atom. The number of phenolic OH excluding ortho intramolecular Hbond substituents is 1. The fourth-order valence-electron chi connectivity index (χ4n) is 2.16. The molecule has 0 saturated carbocycles. The molecule has 4 nitrogen and oxygen atoms in total. The number of pyridine rings is 1. The van der Waals surface area contributed by atoms with Crippen LogP contribution in [0.1, 0.15) is 10.4 Å². The van der Waals surface area contributed by atoms with Crippen LogP contribution in [0.3, 0.4) is 0 Å². The minimum absolute atomic E-state index is 0.140. The first kappa shape index (κ1) is 13.4. The van der Waals surface area contributed by atoms with E-state index in [1.54, 1.807) is 30.3 Å². The van der Waals surface area contributed by atoms with Gasteiger partial charge in [-0.1, -0.05) is 17.7 Å². The number of benzene rings is 2. The van der Waals surface area contributed by atoms with Crippen LogP contribution in [0.5, 0.6) is 5.75 Å². The van der Waals surface area contributed by atoms with Crippen molar-refractivity contribution in [3.05, 3.63) is 59.1 Å². The van der Waals surface area contributed by atoms with Gasteiger partial charge in [0, 0.05) is 16.0 Å². The van der Waals surface area contributed by atoms with Gasteiger partial charge in [0.2, 0.25) is 0 Å². The number of halogens is 1. The highest BCUT2D eigenvalue weighted by Crippen LogP contribution is 2.27. The molecule has 0 aliphatic carbocycles. The zero-order chi connectivity index (χ0) is 15.0. The van der Waals surface area contributed by atoms with E-state index in [9.17, 15) is 15.0 Å². The van der Waals surface area contributed by atoms with Gasteiger partial charge >= 0.3 is 5.97 Å². The number of phenols is 1. The fourth-order valence-corrected chi connectivity index (χ4v) is 2.32. The van der Waals surface area contributed by atoms with Crippen molar-refractivity contribution in [3.63, 3.8) is 0 Å². The maximum atomic E-state index is 11.4. The summed E-state index contributed by atoms with van der Waals surface area (Å²) in [4.78, 5) is 15.9. The molecule has 0 aliphatic heterocycles. The second-order valence-electron chi connectivity index (χ2n) is 4.57. The van der Waals surface area contributed by atoms with Gasteiger partial charge < -0.3 is 10.2 Å². The number of aromatic carboxylic acids is 1. The summed E-state index contributed by atoms with van der Waals surface area (Å²) in [5.74, 6) is -0.884. The maximum Gasteiger partial charge on any atom is 0.336 e. The molecule has 0 saturated heterocycles. The molecule has 0 atom stereocenters. The molecule has 21 heavy (non-hydrogen) atoms. The normalized spacial score (nSPS) is 10.7. The van der Waals surface area contributed by atoms with Crippen LogP contribution in [0.25, 0.3) is 22.2 Å². The Morgan fingerprint density at radius 1 is 1.05 bits per heavy atom. The Labute approximate surface area is 125 Å². The Hall–Kier alpha value is -2.59. The lowest BCUT2D eigenvalue weighted by atomic mass is 10.0. The van der Waals surface area contributed by atoms with Crippen molar-refractivity contribution in [2.75, 3.05) is 0 Å². The number of aromatic nitrogens is 1. The number of hydrogen-bond acceptors (Lipinski definition) is 3. The Balaban J connectivity index is 2.29. The molecule has 0 unspecified atom stereocenters. The van der Waals surface area contributed by atoms with E-state index in [1.807, 2.05) is 0 Å². The van der Waals surface area contributed by atoms with Crippen LogP contribution in [0.15, 0.2) is 48.5 Å². The van der Waals surface area contributed by atoms with Crippen LogP contribution in [-0.4, -0.2) is 21.2 Å². The number of carboxylic acids is 1. The molecular formula is C16H10ClNO3. The molecule has 0 bridgehead atoms. The molecule has 0 spiro atoms. The number of carbonyl (C=O) groups is 1. The molecule has 3 aromatic rings. The van der Waals surface area contributed by atoms with Gasteiger partial charge in [-0.2, -0.15) is 0 Å². The van der Waals surface area contributed by atoms with E-state index in [-0.39, 0.29) is 11.3 Å².